The number of nitriles is 1. The van der Waals surface area contributed by atoms with Gasteiger partial charge in [0.25, 0.3) is 11.4 Å². The first-order valence-electron chi connectivity index (χ1n) is 15.3. The summed E-state index contributed by atoms with van der Waals surface area (Å²) in [5.41, 5.74) is 3.04. The van der Waals surface area contributed by atoms with Gasteiger partial charge in [0.05, 0.1) is 12.8 Å². The highest BCUT2D eigenvalue weighted by Gasteiger charge is 2.17. The molecule has 0 aliphatic carbocycles. The number of hydrogen-bond donors (Lipinski definition) is 2. The second-order valence-electron chi connectivity index (χ2n) is 10.5. The van der Waals surface area contributed by atoms with Crippen molar-refractivity contribution in [3.8, 4) is 11.9 Å². The number of aliphatic hydroxyl groups excluding tert-OH is 1. The Kier molecular flexibility index (Phi) is 12.1. The minimum Gasteiger partial charge on any atom is -0.476 e. The van der Waals surface area contributed by atoms with Gasteiger partial charge in [-0.05, 0) is 69.6 Å². The van der Waals surface area contributed by atoms with Crippen LogP contribution in [-0.4, -0.2) is 55.6 Å². The van der Waals surface area contributed by atoms with E-state index in [-0.39, 0.29) is 30.3 Å². The van der Waals surface area contributed by atoms with Crippen LogP contribution in [0.15, 0.2) is 47.5 Å². The van der Waals surface area contributed by atoms with E-state index in [1.165, 1.54) is 31.4 Å². The third-order valence-corrected chi connectivity index (χ3v) is 7.32. The Hall–Kier alpha value is -4.50. The average molecular weight is 605 g/mol. The van der Waals surface area contributed by atoms with Crippen molar-refractivity contribution in [1.82, 2.24) is 24.1 Å². The van der Waals surface area contributed by atoms with Gasteiger partial charge in [-0.15, -0.1) is 0 Å². The molecular weight excluding hydrogens is 563 g/mol. The van der Waals surface area contributed by atoms with Gasteiger partial charge in [0, 0.05) is 56.7 Å². The molecule has 1 saturated heterocycles. The van der Waals surface area contributed by atoms with Gasteiger partial charge in [-0.25, -0.2) is 14.4 Å². The summed E-state index contributed by atoms with van der Waals surface area (Å²) in [4.78, 5) is 23.6. The van der Waals surface area contributed by atoms with Crippen molar-refractivity contribution in [3.05, 3.63) is 75.7 Å². The SMILES string of the molecule is CCO.CCc1cnn2c(NCc3ccc(=O)n(CCCCCOc4nc(C#N)ccc4F)c3)cc(N3CCCCC3)nc12. The number of aromatic nitrogens is 5. The van der Waals surface area contributed by atoms with E-state index in [1.54, 1.807) is 17.6 Å². The van der Waals surface area contributed by atoms with E-state index in [1.807, 2.05) is 29.0 Å². The second-order valence-corrected chi connectivity index (χ2v) is 10.5. The standard InChI is InChI=1S/C30H35FN8O2.C2H6O/c1-2-23-20-34-39-26(17-27(36-29(23)39)37-13-5-3-6-14-37)33-19-22-9-12-28(40)38(21-22)15-7-4-8-16-41-30-25(31)11-10-24(18-32)35-30;1-2-3/h9-12,17,20-21,33H,2-8,13-16,19H2,1H3;3H,2H2,1H3. The topological polar surface area (TPSA) is 134 Å². The van der Waals surface area contributed by atoms with E-state index in [0.717, 1.165) is 60.8 Å². The van der Waals surface area contributed by atoms with Gasteiger partial charge in [0.2, 0.25) is 0 Å². The molecule has 0 radical (unpaired) electrons. The number of rotatable bonds is 12. The van der Waals surface area contributed by atoms with E-state index in [9.17, 15) is 9.18 Å². The quantitative estimate of drug-likeness (QED) is 0.221. The lowest BCUT2D eigenvalue weighted by molar-refractivity contribution is 0.277. The molecule has 2 N–H and O–H groups in total. The number of fused-ring (bicyclic) bond motifs is 1. The zero-order chi connectivity index (χ0) is 31.3. The van der Waals surface area contributed by atoms with Crippen LogP contribution in [0, 0.1) is 17.1 Å². The first-order valence-corrected chi connectivity index (χ1v) is 15.3. The van der Waals surface area contributed by atoms with E-state index in [0.29, 0.717) is 19.5 Å². The Bertz CT molecular complexity index is 1610. The molecule has 0 saturated carbocycles. The number of nitrogens with zero attached hydrogens (tertiary/aromatic N) is 7. The van der Waals surface area contributed by atoms with Crippen molar-refractivity contribution in [3.63, 3.8) is 0 Å². The Morgan fingerprint density at radius 3 is 2.64 bits per heavy atom. The fraction of sp³-hybridized carbons (Fsp3) is 0.469. The van der Waals surface area contributed by atoms with Crippen LogP contribution in [0.2, 0.25) is 0 Å². The smallest absolute Gasteiger partial charge is 0.251 e. The Labute approximate surface area is 256 Å². The fourth-order valence-corrected chi connectivity index (χ4v) is 5.03. The van der Waals surface area contributed by atoms with Crippen LogP contribution in [0.3, 0.4) is 0 Å². The molecule has 0 unspecified atom stereocenters. The van der Waals surface area contributed by atoms with Crippen molar-refractivity contribution in [1.29, 1.82) is 5.26 Å². The van der Waals surface area contributed by atoms with Crippen LogP contribution in [-0.2, 0) is 19.5 Å². The molecule has 5 heterocycles. The van der Waals surface area contributed by atoms with Crippen LogP contribution in [0.4, 0.5) is 16.0 Å². The molecule has 0 atom stereocenters. The van der Waals surface area contributed by atoms with Crippen molar-refractivity contribution >= 4 is 17.3 Å². The minimum atomic E-state index is -0.588. The van der Waals surface area contributed by atoms with Crippen LogP contribution in [0.25, 0.3) is 5.65 Å². The summed E-state index contributed by atoms with van der Waals surface area (Å²) in [6, 6.07) is 9.88. The number of aryl methyl sites for hydroxylation is 2. The van der Waals surface area contributed by atoms with E-state index in [2.05, 4.69) is 33.3 Å². The highest BCUT2D eigenvalue weighted by molar-refractivity contribution is 5.61. The van der Waals surface area contributed by atoms with E-state index >= 15 is 0 Å². The summed E-state index contributed by atoms with van der Waals surface area (Å²) in [5.74, 6) is 1.10. The summed E-state index contributed by atoms with van der Waals surface area (Å²) in [6.07, 6.45) is 10.5. The maximum absolute atomic E-state index is 13.8. The number of piperidine rings is 1. The molecule has 12 heteroatoms. The maximum Gasteiger partial charge on any atom is 0.251 e. The van der Waals surface area contributed by atoms with Gasteiger partial charge in [-0.2, -0.15) is 14.9 Å². The van der Waals surface area contributed by atoms with Gasteiger partial charge in [-0.1, -0.05) is 13.0 Å². The lowest BCUT2D eigenvalue weighted by Crippen LogP contribution is -2.30. The lowest BCUT2D eigenvalue weighted by atomic mass is 10.1. The molecular formula is C32H41FN8O3. The largest absolute Gasteiger partial charge is 0.476 e. The molecule has 1 fully saturated rings. The molecule has 4 aromatic rings. The summed E-state index contributed by atoms with van der Waals surface area (Å²) in [5, 5.41) is 24.6. The summed E-state index contributed by atoms with van der Waals surface area (Å²) < 4.78 is 22.8. The number of anilines is 2. The third kappa shape index (κ3) is 8.54. The Morgan fingerprint density at radius 1 is 1.09 bits per heavy atom. The first kappa shape index (κ1) is 32.4. The molecule has 1 aliphatic heterocycles. The molecule has 0 aromatic carbocycles. The van der Waals surface area contributed by atoms with E-state index in [4.69, 9.17) is 20.1 Å². The lowest BCUT2D eigenvalue weighted by Gasteiger charge is -2.28. The van der Waals surface area contributed by atoms with Crippen LogP contribution < -0.4 is 20.5 Å². The van der Waals surface area contributed by atoms with Gasteiger partial charge >= 0.3 is 0 Å². The zero-order valence-electron chi connectivity index (χ0n) is 25.5. The molecule has 4 aromatic heterocycles. The number of halogens is 1. The number of pyridine rings is 2. The van der Waals surface area contributed by atoms with Gasteiger partial charge in [0.1, 0.15) is 23.4 Å². The van der Waals surface area contributed by atoms with Gasteiger partial charge in [0.15, 0.2) is 11.5 Å². The molecule has 234 valence electrons. The number of unbranched alkanes of at least 4 members (excludes halogenated alkanes) is 2. The predicted octanol–water partition coefficient (Wildman–Crippen LogP) is 4.71. The van der Waals surface area contributed by atoms with Gasteiger partial charge in [-0.3, -0.25) is 4.79 Å². The summed E-state index contributed by atoms with van der Waals surface area (Å²) in [6.45, 7) is 7.45. The van der Waals surface area contributed by atoms with Crippen LogP contribution in [0.5, 0.6) is 5.88 Å². The molecule has 0 amide bonds. The van der Waals surface area contributed by atoms with Crippen molar-refractivity contribution in [2.45, 2.75) is 71.9 Å². The molecule has 44 heavy (non-hydrogen) atoms. The number of hydrogen-bond acceptors (Lipinski definition) is 9. The van der Waals surface area contributed by atoms with E-state index < -0.39 is 5.82 Å². The number of aliphatic hydroxyl groups is 1. The molecule has 0 spiro atoms. The average Bonchev–Trinajstić information content (AvgIpc) is 3.47. The van der Waals surface area contributed by atoms with Crippen molar-refractivity contribution < 1.29 is 14.2 Å². The molecule has 11 nitrogen and oxygen atoms in total. The normalized spacial score (nSPS) is 12.8. The number of nitrogens with one attached hydrogen (secondary N) is 1. The van der Waals surface area contributed by atoms with Crippen LogP contribution in [0.1, 0.15) is 69.2 Å². The Balaban J connectivity index is 0.00000141. The molecule has 5 rings (SSSR count). The van der Waals surface area contributed by atoms with Crippen molar-refractivity contribution in [2.24, 2.45) is 0 Å². The highest BCUT2D eigenvalue weighted by atomic mass is 19.1. The monoisotopic (exact) mass is 604 g/mol. The first-order chi connectivity index (χ1) is 21.5. The van der Waals surface area contributed by atoms with Crippen LogP contribution >= 0.6 is 0 Å². The minimum absolute atomic E-state index is 0.0528. The molecule has 1 aliphatic rings. The van der Waals surface area contributed by atoms with Gasteiger partial charge < -0.3 is 24.6 Å². The fourth-order valence-electron chi connectivity index (χ4n) is 5.03. The molecule has 0 bridgehead atoms. The maximum atomic E-state index is 13.8. The zero-order valence-corrected chi connectivity index (χ0v) is 25.5. The second kappa shape index (κ2) is 16.4. The third-order valence-electron chi connectivity index (χ3n) is 7.32. The predicted molar refractivity (Wildman–Crippen MR) is 167 cm³/mol. The highest BCUT2D eigenvalue weighted by Crippen LogP contribution is 2.25. The summed E-state index contributed by atoms with van der Waals surface area (Å²) in [7, 11) is 0. The van der Waals surface area contributed by atoms with Crippen molar-refractivity contribution in [2.75, 3.05) is 36.5 Å². The number of ether oxygens (including phenoxy) is 1. The Morgan fingerprint density at radius 2 is 1.89 bits per heavy atom. The summed E-state index contributed by atoms with van der Waals surface area (Å²) >= 11 is 0.